The first-order valence-corrected chi connectivity index (χ1v) is 8.05. The van der Waals surface area contributed by atoms with Crippen molar-refractivity contribution in [3.63, 3.8) is 0 Å². The molecule has 1 aromatic carbocycles. The normalized spacial score (nSPS) is 15.8. The van der Waals surface area contributed by atoms with Crippen molar-refractivity contribution in [2.45, 2.75) is 46.2 Å². The molecular weight excluding hydrogens is 246 g/mol. The molecule has 0 radical (unpaired) electrons. The zero-order chi connectivity index (χ0) is 14.4. The van der Waals surface area contributed by atoms with Crippen LogP contribution in [-0.4, -0.2) is 37.1 Å². The maximum Gasteiger partial charge on any atom is 0.0418 e. The van der Waals surface area contributed by atoms with Crippen LogP contribution >= 0.6 is 0 Å². The monoisotopic (exact) mass is 275 g/mol. The van der Waals surface area contributed by atoms with Crippen LogP contribution in [0.1, 0.15) is 38.3 Å². The van der Waals surface area contributed by atoms with Gasteiger partial charge in [0, 0.05) is 31.4 Å². The number of rotatable bonds is 7. The smallest absolute Gasteiger partial charge is 0.0418 e. The zero-order valence-electron chi connectivity index (χ0n) is 13.2. The van der Waals surface area contributed by atoms with Crippen molar-refractivity contribution in [3.8, 4) is 0 Å². The minimum absolute atomic E-state index is 0.523. The van der Waals surface area contributed by atoms with Gasteiger partial charge in [-0.05, 0) is 44.0 Å². The van der Waals surface area contributed by atoms with Gasteiger partial charge in [0.1, 0.15) is 0 Å². The molecule has 0 aromatic heterocycles. The van der Waals surface area contributed by atoms with Gasteiger partial charge in [0.15, 0.2) is 0 Å². The fourth-order valence-electron chi connectivity index (χ4n) is 2.95. The fourth-order valence-corrected chi connectivity index (χ4v) is 2.95. The summed E-state index contributed by atoms with van der Waals surface area (Å²) >= 11 is 0. The van der Waals surface area contributed by atoms with Gasteiger partial charge in [-0.2, -0.15) is 0 Å². The number of fused-ring (bicyclic) bond motifs is 1. The van der Waals surface area contributed by atoms with Gasteiger partial charge in [0.2, 0.25) is 0 Å². The van der Waals surface area contributed by atoms with Crippen molar-refractivity contribution in [1.29, 1.82) is 0 Å². The van der Waals surface area contributed by atoms with Crippen LogP contribution in [0.4, 0.5) is 5.69 Å². The van der Waals surface area contributed by atoms with E-state index < -0.39 is 0 Å². The highest BCUT2D eigenvalue weighted by Gasteiger charge is 2.13. The highest BCUT2D eigenvalue weighted by molar-refractivity contribution is 5.59. The van der Waals surface area contributed by atoms with E-state index in [1.165, 1.54) is 29.7 Å². The molecule has 20 heavy (non-hydrogen) atoms. The minimum atomic E-state index is 0.523. The molecule has 0 amide bonds. The maximum atomic E-state index is 3.67. The average molecular weight is 275 g/mol. The molecule has 1 aliphatic rings. The van der Waals surface area contributed by atoms with E-state index in [4.69, 9.17) is 0 Å². The van der Waals surface area contributed by atoms with Crippen LogP contribution in [0, 0.1) is 0 Å². The molecular formula is C17H29N3. The lowest BCUT2D eigenvalue weighted by molar-refractivity contribution is 0.271. The molecule has 1 atom stereocenters. The summed E-state index contributed by atoms with van der Waals surface area (Å²) in [6, 6.07) is 7.21. The van der Waals surface area contributed by atoms with Crippen LogP contribution in [0.15, 0.2) is 18.2 Å². The van der Waals surface area contributed by atoms with Crippen LogP contribution in [0.2, 0.25) is 0 Å². The lowest BCUT2D eigenvalue weighted by Crippen LogP contribution is -2.38. The average Bonchev–Trinajstić information content (AvgIpc) is 2.50. The van der Waals surface area contributed by atoms with E-state index in [0.29, 0.717) is 6.04 Å². The Hall–Kier alpha value is -1.06. The number of nitrogens with one attached hydrogen (secondary N) is 2. The van der Waals surface area contributed by atoms with Gasteiger partial charge in [-0.15, -0.1) is 0 Å². The van der Waals surface area contributed by atoms with E-state index in [2.05, 4.69) is 54.5 Å². The topological polar surface area (TPSA) is 27.3 Å². The molecule has 0 bridgehead atoms. The van der Waals surface area contributed by atoms with Crippen molar-refractivity contribution in [1.82, 2.24) is 10.2 Å². The zero-order valence-corrected chi connectivity index (χ0v) is 13.2. The van der Waals surface area contributed by atoms with Gasteiger partial charge in [-0.25, -0.2) is 0 Å². The van der Waals surface area contributed by atoms with Crippen LogP contribution in [0.25, 0.3) is 0 Å². The van der Waals surface area contributed by atoms with Crippen molar-refractivity contribution in [2.75, 3.05) is 31.5 Å². The largest absolute Gasteiger partial charge is 0.385 e. The molecule has 2 rings (SSSR count). The highest BCUT2D eigenvalue weighted by Crippen LogP contribution is 2.25. The quantitative estimate of drug-likeness (QED) is 0.801. The first-order valence-electron chi connectivity index (χ1n) is 8.05. The summed E-state index contributed by atoms with van der Waals surface area (Å²) in [5.74, 6) is 0. The summed E-state index contributed by atoms with van der Waals surface area (Å²) in [7, 11) is 0. The number of aryl methyl sites for hydroxylation is 1. The molecule has 1 heterocycles. The van der Waals surface area contributed by atoms with Crippen LogP contribution in [0.5, 0.6) is 0 Å². The standard InChI is InChI=1S/C17H29N3/c1-4-20(5-2)13-14(3)19-12-16-9-6-8-15-10-7-11-18-17(15)16/h6,8-9,14,18-19H,4-5,7,10-13H2,1-3H3. The molecule has 0 saturated heterocycles. The van der Waals surface area contributed by atoms with E-state index in [1.54, 1.807) is 0 Å². The second kappa shape index (κ2) is 7.65. The Balaban J connectivity index is 1.91. The SMILES string of the molecule is CCN(CC)CC(C)NCc1cccc2c1NCCC2. The van der Waals surface area contributed by atoms with E-state index in [0.717, 1.165) is 32.7 Å². The number of hydrogen-bond acceptors (Lipinski definition) is 3. The third-order valence-electron chi connectivity index (χ3n) is 4.23. The lowest BCUT2D eigenvalue weighted by atomic mass is 9.99. The van der Waals surface area contributed by atoms with Gasteiger partial charge in [0.25, 0.3) is 0 Å². The summed E-state index contributed by atoms with van der Waals surface area (Å²) < 4.78 is 0. The third kappa shape index (κ3) is 3.97. The van der Waals surface area contributed by atoms with Gasteiger partial charge in [-0.1, -0.05) is 32.0 Å². The minimum Gasteiger partial charge on any atom is -0.385 e. The van der Waals surface area contributed by atoms with Crippen LogP contribution in [0.3, 0.4) is 0 Å². The van der Waals surface area contributed by atoms with Gasteiger partial charge >= 0.3 is 0 Å². The van der Waals surface area contributed by atoms with E-state index >= 15 is 0 Å². The molecule has 3 nitrogen and oxygen atoms in total. The number of benzene rings is 1. The molecule has 1 aromatic rings. The summed E-state index contributed by atoms with van der Waals surface area (Å²) in [5.41, 5.74) is 4.27. The molecule has 0 saturated carbocycles. The summed E-state index contributed by atoms with van der Waals surface area (Å²) in [4.78, 5) is 2.47. The summed E-state index contributed by atoms with van der Waals surface area (Å²) in [6.07, 6.45) is 2.47. The molecule has 1 aliphatic heterocycles. The second-order valence-electron chi connectivity index (χ2n) is 5.75. The van der Waals surface area contributed by atoms with Crippen molar-refractivity contribution in [3.05, 3.63) is 29.3 Å². The second-order valence-corrected chi connectivity index (χ2v) is 5.75. The third-order valence-corrected chi connectivity index (χ3v) is 4.23. The van der Waals surface area contributed by atoms with Gasteiger partial charge < -0.3 is 15.5 Å². The van der Waals surface area contributed by atoms with Gasteiger partial charge in [-0.3, -0.25) is 0 Å². The molecule has 0 fully saturated rings. The van der Waals surface area contributed by atoms with Crippen molar-refractivity contribution in [2.24, 2.45) is 0 Å². The number of hydrogen-bond donors (Lipinski definition) is 2. The number of para-hydroxylation sites is 1. The Morgan fingerprint density at radius 3 is 2.85 bits per heavy atom. The number of likely N-dealkylation sites (N-methyl/N-ethyl adjacent to an activating group) is 1. The summed E-state index contributed by atoms with van der Waals surface area (Å²) in [6.45, 7) is 12.2. The van der Waals surface area contributed by atoms with Gasteiger partial charge in [0.05, 0.1) is 0 Å². The van der Waals surface area contributed by atoms with Crippen LogP contribution in [-0.2, 0) is 13.0 Å². The molecule has 3 heteroatoms. The fraction of sp³-hybridized carbons (Fsp3) is 0.647. The first kappa shape index (κ1) is 15.3. The molecule has 112 valence electrons. The number of anilines is 1. The van der Waals surface area contributed by atoms with Crippen molar-refractivity contribution >= 4 is 5.69 Å². The molecule has 0 spiro atoms. The lowest BCUT2D eigenvalue weighted by Gasteiger charge is -2.25. The van der Waals surface area contributed by atoms with Crippen LogP contribution < -0.4 is 10.6 Å². The molecule has 0 aliphatic carbocycles. The Bertz CT molecular complexity index is 413. The summed E-state index contributed by atoms with van der Waals surface area (Å²) in [5, 5.41) is 7.23. The first-order chi connectivity index (χ1) is 9.74. The maximum absolute atomic E-state index is 3.67. The van der Waals surface area contributed by atoms with E-state index in [9.17, 15) is 0 Å². The Labute approximate surface area is 123 Å². The predicted octanol–water partition coefficient (Wildman–Crippen LogP) is 2.86. The highest BCUT2D eigenvalue weighted by atomic mass is 15.1. The van der Waals surface area contributed by atoms with E-state index in [1.807, 2.05) is 0 Å². The number of nitrogens with zero attached hydrogens (tertiary/aromatic N) is 1. The molecule has 2 N–H and O–H groups in total. The van der Waals surface area contributed by atoms with Crippen molar-refractivity contribution < 1.29 is 0 Å². The molecule has 1 unspecified atom stereocenters. The Morgan fingerprint density at radius 1 is 1.30 bits per heavy atom. The Morgan fingerprint density at radius 2 is 2.10 bits per heavy atom. The van der Waals surface area contributed by atoms with E-state index in [-0.39, 0.29) is 0 Å². The predicted molar refractivity (Wildman–Crippen MR) is 87.3 cm³/mol. The Kier molecular flexibility index (Phi) is 5.86.